The molecule has 27 heavy (non-hydrogen) atoms. The molecule has 0 saturated carbocycles. The number of rotatable bonds is 4. The Kier molecular flexibility index (Phi) is 4.65. The molecule has 136 valence electrons. The number of carbonyl (C=O) groups is 1. The second-order valence-electron chi connectivity index (χ2n) is 6.38. The number of para-hydroxylation sites is 2. The van der Waals surface area contributed by atoms with Gasteiger partial charge in [-0.2, -0.15) is 5.26 Å². The summed E-state index contributed by atoms with van der Waals surface area (Å²) < 4.78 is 5.22. The molecule has 6 nitrogen and oxygen atoms in total. The molecule has 7 heteroatoms. The first-order chi connectivity index (χ1) is 13.2. The zero-order valence-electron chi connectivity index (χ0n) is 14.5. The zero-order chi connectivity index (χ0) is 18.8. The predicted molar refractivity (Wildman–Crippen MR) is 102 cm³/mol. The largest absolute Gasteiger partial charge is 0.507 e. The molecule has 0 spiro atoms. The molecule has 1 aliphatic carbocycles. The molecule has 4 rings (SSSR count). The highest BCUT2D eigenvalue weighted by molar-refractivity contribution is 7.14. The van der Waals surface area contributed by atoms with Crippen LogP contribution in [-0.2, 0) is 17.6 Å². The number of aryl methyl sites for hydroxylation is 2. The molecule has 0 atom stereocenters. The van der Waals surface area contributed by atoms with Gasteiger partial charge in [0.25, 0.3) is 0 Å². The lowest BCUT2D eigenvalue weighted by Gasteiger charge is -2.08. The van der Waals surface area contributed by atoms with E-state index in [2.05, 4.69) is 9.97 Å². The van der Waals surface area contributed by atoms with E-state index in [-0.39, 0.29) is 23.8 Å². The van der Waals surface area contributed by atoms with Crippen LogP contribution in [0.15, 0.2) is 36.1 Å². The highest BCUT2D eigenvalue weighted by atomic mass is 32.1. The van der Waals surface area contributed by atoms with Crippen molar-refractivity contribution in [1.29, 1.82) is 5.26 Å². The molecule has 0 aliphatic heterocycles. The number of thiophene rings is 1. The minimum atomic E-state index is -0.483. The number of aromatic amines is 1. The van der Waals surface area contributed by atoms with Crippen molar-refractivity contribution in [3.05, 3.63) is 57.2 Å². The number of allylic oxidation sites excluding steroid dienone is 1. The van der Waals surface area contributed by atoms with Gasteiger partial charge in [0.15, 0.2) is 11.6 Å². The van der Waals surface area contributed by atoms with Gasteiger partial charge in [0.05, 0.1) is 11.0 Å². The number of hydrogen-bond acceptors (Lipinski definition) is 6. The Morgan fingerprint density at radius 3 is 2.93 bits per heavy atom. The molecule has 0 bridgehead atoms. The fraction of sp³-hybridized carbons (Fsp3) is 0.250. The first kappa shape index (κ1) is 17.3. The van der Waals surface area contributed by atoms with Gasteiger partial charge in [-0.05, 0) is 49.4 Å². The Bertz CT molecular complexity index is 1030. The van der Waals surface area contributed by atoms with E-state index in [4.69, 9.17) is 4.74 Å². The van der Waals surface area contributed by atoms with Crippen molar-refractivity contribution in [2.75, 3.05) is 6.61 Å². The smallest absolute Gasteiger partial charge is 0.348 e. The van der Waals surface area contributed by atoms with Gasteiger partial charge in [0.1, 0.15) is 23.1 Å². The van der Waals surface area contributed by atoms with Crippen LogP contribution in [-0.4, -0.2) is 27.7 Å². The van der Waals surface area contributed by atoms with Crippen LogP contribution in [0.4, 0.5) is 0 Å². The van der Waals surface area contributed by atoms with Crippen molar-refractivity contribution in [3.8, 4) is 6.07 Å². The number of hydrogen-bond donors (Lipinski definition) is 2. The van der Waals surface area contributed by atoms with Gasteiger partial charge in [-0.15, -0.1) is 11.3 Å². The van der Waals surface area contributed by atoms with Crippen LogP contribution in [0.3, 0.4) is 0 Å². The SMILES string of the molecule is N#C/C(=C(/O)COC(=O)c1cc2c(s1)CCCC2)c1nc2ccccc2[nH]1. The molecule has 0 radical (unpaired) electrons. The number of aliphatic hydroxyl groups is 1. The Balaban J connectivity index is 1.51. The Morgan fingerprint density at radius 2 is 2.15 bits per heavy atom. The second-order valence-corrected chi connectivity index (χ2v) is 7.52. The third-order valence-corrected chi connectivity index (χ3v) is 5.78. The zero-order valence-corrected chi connectivity index (χ0v) is 15.3. The maximum Gasteiger partial charge on any atom is 0.348 e. The van der Waals surface area contributed by atoms with E-state index in [0.29, 0.717) is 10.4 Å². The first-order valence-electron chi connectivity index (χ1n) is 8.71. The number of aromatic nitrogens is 2. The number of ether oxygens (including phenoxy) is 1. The number of esters is 1. The van der Waals surface area contributed by atoms with Gasteiger partial charge in [0, 0.05) is 4.88 Å². The molecule has 2 heterocycles. The van der Waals surface area contributed by atoms with Crippen LogP contribution < -0.4 is 0 Å². The fourth-order valence-corrected chi connectivity index (χ4v) is 4.34. The van der Waals surface area contributed by atoms with Gasteiger partial charge in [-0.1, -0.05) is 12.1 Å². The summed E-state index contributed by atoms with van der Waals surface area (Å²) in [4.78, 5) is 21.4. The van der Waals surface area contributed by atoms with Crippen molar-refractivity contribution in [3.63, 3.8) is 0 Å². The lowest BCUT2D eigenvalue weighted by molar-refractivity contribution is 0.0508. The van der Waals surface area contributed by atoms with Gasteiger partial charge >= 0.3 is 5.97 Å². The van der Waals surface area contributed by atoms with Crippen molar-refractivity contribution in [2.45, 2.75) is 25.7 Å². The summed E-state index contributed by atoms with van der Waals surface area (Å²) in [5.41, 5.74) is 2.63. The van der Waals surface area contributed by atoms with Gasteiger partial charge in [-0.3, -0.25) is 0 Å². The van der Waals surface area contributed by atoms with E-state index in [1.54, 1.807) is 6.07 Å². The minimum absolute atomic E-state index is 0.0375. The summed E-state index contributed by atoms with van der Waals surface area (Å²) >= 11 is 1.45. The van der Waals surface area contributed by atoms with Crippen molar-refractivity contribution in [1.82, 2.24) is 9.97 Å². The van der Waals surface area contributed by atoms with Gasteiger partial charge in [0.2, 0.25) is 0 Å². The molecular weight excluding hydrogens is 362 g/mol. The molecule has 0 amide bonds. The number of fused-ring (bicyclic) bond motifs is 2. The standard InChI is InChI=1S/C20H17N3O3S/c21-10-13(19-22-14-6-2-3-7-15(14)23-19)16(24)11-26-20(25)18-9-12-5-1-4-8-17(12)27-18/h2-3,6-7,9,24H,1,4-5,8,11H2,(H,22,23)/b16-13-. The Labute approximate surface area is 159 Å². The number of nitrogens with zero attached hydrogens (tertiary/aromatic N) is 2. The molecule has 0 unspecified atom stereocenters. The predicted octanol–water partition coefficient (Wildman–Crippen LogP) is 4.15. The van der Waals surface area contributed by atoms with Crippen molar-refractivity contribution >= 4 is 33.9 Å². The molecule has 2 N–H and O–H groups in total. The summed E-state index contributed by atoms with van der Waals surface area (Å²) in [5, 5.41) is 19.7. The minimum Gasteiger partial charge on any atom is -0.507 e. The number of aliphatic hydroxyl groups excluding tert-OH is 1. The second kappa shape index (κ2) is 7.25. The maximum atomic E-state index is 12.3. The number of nitriles is 1. The van der Waals surface area contributed by atoms with Crippen LogP contribution in [0.2, 0.25) is 0 Å². The van der Waals surface area contributed by atoms with E-state index < -0.39 is 5.97 Å². The topological polar surface area (TPSA) is 99.0 Å². The molecule has 3 aromatic rings. The van der Waals surface area contributed by atoms with E-state index >= 15 is 0 Å². The summed E-state index contributed by atoms with van der Waals surface area (Å²) in [6, 6.07) is 11.1. The van der Waals surface area contributed by atoms with E-state index in [9.17, 15) is 15.2 Å². The quantitative estimate of drug-likeness (QED) is 0.403. The Morgan fingerprint density at radius 1 is 1.33 bits per heavy atom. The number of H-pyrrole nitrogens is 1. The number of carbonyl (C=O) groups excluding carboxylic acids is 1. The maximum absolute atomic E-state index is 12.3. The Hall–Kier alpha value is -3.11. The van der Waals surface area contributed by atoms with Crippen LogP contribution in [0.1, 0.15) is 38.8 Å². The summed E-state index contributed by atoms with van der Waals surface area (Å²) in [7, 11) is 0. The fourth-order valence-electron chi connectivity index (χ4n) is 3.19. The van der Waals surface area contributed by atoms with Crippen molar-refractivity contribution < 1.29 is 14.6 Å². The average Bonchev–Trinajstić information content (AvgIpc) is 3.30. The number of nitrogens with one attached hydrogen (secondary N) is 1. The normalized spacial score (nSPS) is 14.3. The number of imidazole rings is 1. The molecule has 0 fully saturated rings. The average molecular weight is 379 g/mol. The summed E-state index contributed by atoms with van der Waals surface area (Å²) in [6.07, 6.45) is 4.29. The third kappa shape index (κ3) is 3.44. The van der Waals surface area contributed by atoms with E-state index in [0.717, 1.165) is 31.2 Å². The highest BCUT2D eigenvalue weighted by Crippen LogP contribution is 2.30. The van der Waals surface area contributed by atoms with E-state index in [1.165, 1.54) is 21.8 Å². The van der Waals surface area contributed by atoms with Crippen molar-refractivity contribution in [2.24, 2.45) is 0 Å². The van der Waals surface area contributed by atoms with Crippen LogP contribution >= 0.6 is 11.3 Å². The lowest BCUT2D eigenvalue weighted by atomic mass is 9.99. The molecule has 0 saturated heterocycles. The monoisotopic (exact) mass is 379 g/mol. The summed E-state index contributed by atoms with van der Waals surface area (Å²) in [6.45, 7) is -0.374. The molecule has 2 aromatic heterocycles. The molecular formula is C20H17N3O3S. The third-order valence-electron chi connectivity index (χ3n) is 4.56. The number of benzene rings is 1. The molecule has 1 aliphatic rings. The molecule has 1 aromatic carbocycles. The van der Waals surface area contributed by atoms with Gasteiger partial charge < -0.3 is 14.8 Å². The van der Waals surface area contributed by atoms with E-state index in [1.807, 2.05) is 30.3 Å². The highest BCUT2D eigenvalue weighted by Gasteiger charge is 2.20. The summed E-state index contributed by atoms with van der Waals surface area (Å²) in [5.74, 6) is -0.562. The van der Waals surface area contributed by atoms with Crippen LogP contribution in [0.5, 0.6) is 0 Å². The van der Waals surface area contributed by atoms with Crippen LogP contribution in [0.25, 0.3) is 16.6 Å². The van der Waals surface area contributed by atoms with Crippen LogP contribution in [0, 0.1) is 11.3 Å². The lowest BCUT2D eigenvalue weighted by Crippen LogP contribution is -2.08. The van der Waals surface area contributed by atoms with Gasteiger partial charge in [-0.25, -0.2) is 9.78 Å². The first-order valence-corrected chi connectivity index (χ1v) is 9.53.